The van der Waals surface area contributed by atoms with E-state index in [0.717, 1.165) is 0 Å². The Bertz CT molecular complexity index is 1440. The van der Waals surface area contributed by atoms with Crippen LogP contribution in [0.25, 0.3) is 5.69 Å². The average molecular weight is 483 g/mol. The Morgan fingerprint density at radius 1 is 0.972 bits per heavy atom. The summed E-state index contributed by atoms with van der Waals surface area (Å²) < 4.78 is 6.92. The Labute approximate surface area is 206 Å². The molecule has 0 radical (unpaired) electrons. The van der Waals surface area contributed by atoms with E-state index in [1.807, 2.05) is 0 Å². The average Bonchev–Trinajstić information content (AvgIpc) is 3.37. The number of nitrogens with zero attached hydrogens (tertiary/aromatic N) is 3. The topological polar surface area (TPSA) is 128 Å². The van der Waals surface area contributed by atoms with Crippen molar-refractivity contribution in [2.45, 2.75) is 0 Å². The van der Waals surface area contributed by atoms with E-state index in [1.165, 1.54) is 25.5 Å². The molecule has 0 unspecified atom stereocenters. The summed E-state index contributed by atoms with van der Waals surface area (Å²) in [7, 11) is 1.51. The first kappa shape index (κ1) is 23.9. The van der Waals surface area contributed by atoms with Gasteiger partial charge in [0.1, 0.15) is 5.75 Å². The lowest BCUT2D eigenvalue weighted by Gasteiger charge is -2.10. The molecule has 10 nitrogen and oxygen atoms in total. The third-order valence-corrected chi connectivity index (χ3v) is 5.23. The number of rotatable bonds is 8. The van der Waals surface area contributed by atoms with Crippen molar-refractivity contribution >= 4 is 29.4 Å². The van der Waals surface area contributed by atoms with Crippen molar-refractivity contribution in [1.82, 2.24) is 9.99 Å². The molecular weight excluding hydrogens is 462 g/mol. The van der Waals surface area contributed by atoms with Crippen molar-refractivity contribution in [2.75, 3.05) is 12.4 Å². The van der Waals surface area contributed by atoms with E-state index in [0.29, 0.717) is 28.4 Å². The predicted molar refractivity (Wildman–Crippen MR) is 135 cm³/mol. The summed E-state index contributed by atoms with van der Waals surface area (Å²) in [4.78, 5) is 35.9. The number of nitro groups is 1. The molecule has 1 heterocycles. The van der Waals surface area contributed by atoms with Gasteiger partial charge in [-0.15, -0.1) is 0 Å². The minimum atomic E-state index is -0.513. The number of hydrazone groups is 1. The molecule has 2 amide bonds. The van der Waals surface area contributed by atoms with Crippen LogP contribution in [0.3, 0.4) is 0 Å². The molecule has 0 bridgehead atoms. The maximum absolute atomic E-state index is 12.8. The molecule has 1 aromatic heterocycles. The second-order valence-corrected chi connectivity index (χ2v) is 7.51. The summed E-state index contributed by atoms with van der Waals surface area (Å²) in [6.45, 7) is 0. The van der Waals surface area contributed by atoms with Gasteiger partial charge in [0.2, 0.25) is 0 Å². The number of carbonyl (C=O) groups excluding carboxylic acids is 2. The predicted octanol–water partition coefficient (Wildman–Crippen LogP) is 4.41. The van der Waals surface area contributed by atoms with E-state index in [4.69, 9.17) is 4.74 Å². The Hall–Kier alpha value is -5.25. The molecule has 0 atom stereocenters. The first-order chi connectivity index (χ1) is 17.5. The summed E-state index contributed by atoms with van der Waals surface area (Å²) in [6, 6.07) is 22.9. The zero-order valence-electron chi connectivity index (χ0n) is 19.1. The molecule has 0 aliphatic carbocycles. The van der Waals surface area contributed by atoms with Crippen molar-refractivity contribution in [1.29, 1.82) is 0 Å². The fourth-order valence-corrected chi connectivity index (χ4v) is 3.44. The molecule has 0 fully saturated rings. The normalized spacial score (nSPS) is 10.7. The largest absolute Gasteiger partial charge is 0.497 e. The number of ether oxygens (including phenoxy) is 1. The fraction of sp³-hybridized carbons (Fsp3) is 0.0385. The van der Waals surface area contributed by atoms with Crippen LogP contribution in [0.1, 0.15) is 26.4 Å². The first-order valence-corrected chi connectivity index (χ1v) is 10.8. The lowest BCUT2D eigenvalue weighted by molar-refractivity contribution is -0.384. The number of amides is 2. The Balaban J connectivity index is 1.46. The molecule has 36 heavy (non-hydrogen) atoms. The molecule has 3 aromatic carbocycles. The van der Waals surface area contributed by atoms with E-state index in [1.54, 1.807) is 83.6 Å². The zero-order valence-corrected chi connectivity index (χ0v) is 19.1. The first-order valence-electron chi connectivity index (χ1n) is 10.8. The molecule has 0 saturated carbocycles. The van der Waals surface area contributed by atoms with Crippen molar-refractivity contribution in [3.63, 3.8) is 0 Å². The van der Waals surface area contributed by atoms with Gasteiger partial charge in [-0.2, -0.15) is 5.10 Å². The second kappa shape index (κ2) is 10.8. The molecule has 0 aliphatic heterocycles. The van der Waals surface area contributed by atoms with E-state index < -0.39 is 16.7 Å². The molecule has 0 spiro atoms. The molecule has 2 N–H and O–H groups in total. The maximum atomic E-state index is 12.8. The van der Waals surface area contributed by atoms with Crippen LogP contribution in [-0.4, -0.2) is 34.6 Å². The van der Waals surface area contributed by atoms with E-state index in [2.05, 4.69) is 15.8 Å². The molecule has 180 valence electrons. The van der Waals surface area contributed by atoms with Crippen LogP contribution in [0.2, 0.25) is 0 Å². The summed E-state index contributed by atoms with van der Waals surface area (Å²) in [5.41, 5.74) is 4.74. The van der Waals surface area contributed by atoms with Crippen LogP contribution in [0.5, 0.6) is 5.75 Å². The Morgan fingerprint density at radius 2 is 1.75 bits per heavy atom. The monoisotopic (exact) mass is 483 g/mol. The van der Waals surface area contributed by atoms with Gasteiger partial charge in [-0.1, -0.05) is 18.2 Å². The summed E-state index contributed by atoms with van der Waals surface area (Å²) in [5.74, 6) is -0.360. The minimum absolute atomic E-state index is 0.00875. The molecule has 0 aliphatic rings. The number of methoxy groups -OCH3 is 1. The number of carbonyl (C=O) groups is 2. The van der Waals surface area contributed by atoms with Gasteiger partial charge in [0.05, 0.1) is 35.2 Å². The third kappa shape index (κ3) is 5.45. The van der Waals surface area contributed by atoms with Gasteiger partial charge in [0.25, 0.3) is 17.5 Å². The quantitative estimate of drug-likeness (QED) is 0.218. The Kier molecular flexibility index (Phi) is 7.16. The van der Waals surface area contributed by atoms with Crippen LogP contribution >= 0.6 is 0 Å². The highest BCUT2D eigenvalue weighted by Crippen LogP contribution is 2.19. The van der Waals surface area contributed by atoms with Crippen molar-refractivity contribution in [3.05, 3.63) is 118 Å². The zero-order chi connectivity index (χ0) is 25.5. The fourth-order valence-electron chi connectivity index (χ4n) is 3.44. The van der Waals surface area contributed by atoms with Crippen LogP contribution in [0.15, 0.2) is 96.2 Å². The molecule has 0 saturated heterocycles. The van der Waals surface area contributed by atoms with Crippen molar-refractivity contribution in [3.8, 4) is 11.4 Å². The van der Waals surface area contributed by atoms with Gasteiger partial charge in [0, 0.05) is 29.6 Å². The van der Waals surface area contributed by atoms with E-state index in [9.17, 15) is 19.7 Å². The SMILES string of the molecule is COc1cccc(C(=O)Nc2ccccc2C(=O)N/N=C/c2cccn2-c2ccc([N+](=O)[O-])cc2)c1. The maximum Gasteiger partial charge on any atom is 0.273 e. The van der Waals surface area contributed by atoms with Crippen LogP contribution < -0.4 is 15.5 Å². The number of aromatic nitrogens is 1. The number of anilines is 1. The number of non-ortho nitro benzene ring substituents is 1. The second-order valence-electron chi connectivity index (χ2n) is 7.51. The Morgan fingerprint density at radius 3 is 2.50 bits per heavy atom. The van der Waals surface area contributed by atoms with Crippen LogP contribution in [0, 0.1) is 10.1 Å². The third-order valence-electron chi connectivity index (χ3n) is 5.23. The molecule has 10 heteroatoms. The van der Waals surface area contributed by atoms with Crippen LogP contribution in [0.4, 0.5) is 11.4 Å². The molecular formula is C26H21N5O5. The number of nitro benzene ring substituents is 1. The van der Waals surface area contributed by atoms with Gasteiger partial charge >= 0.3 is 0 Å². The van der Waals surface area contributed by atoms with Gasteiger partial charge < -0.3 is 14.6 Å². The molecule has 4 rings (SSSR count). The minimum Gasteiger partial charge on any atom is -0.497 e. The lowest BCUT2D eigenvalue weighted by Crippen LogP contribution is -2.21. The number of hydrogen-bond donors (Lipinski definition) is 2. The summed E-state index contributed by atoms with van der Waals surface area (Å²) in [6.07, 6.45) is 3.23. The number of para-hydroxylation sites is 1. The lowest BCUT2D eigenvalue weighted by atomic mass is 10.1. The number of nitrogens with one attached hydrogen (secondary N) is 2. The number of hydrogen-bond acceptors (Lipinski definition) is 6. The van der Waals surface area contributed by atoms with Crippen molar-refractivity contribution < 1.29 is 19.2 Å². The van der Waals surface area contributed by atoms with E-state index in [-0.39, 0.29) is 11.3 Å². The van der Waals surface area contributed by atoms with Gasteiger partial charge in [-0.25, -0.2) is 5.43 Å². The highest BCUT2D eigenvalue weighted by atomic mass is 16.6. The van der Waals surface area contributed by atoms with E-state index >= 15 is 0 Å². The smallest absolute Gasteiger partial charge is 0.273 e. The van der Waals surface area contributed by atoms with Gasteiger partial charge in [0.15, 0.2) is 0 Å². The summed E-state index contributed by atoms with van der Waals surface area (Å²) in [5, 5.41) is 17.7. The highest BCUT2D eigenvalue weighted by Gasteiger charge is 2.14. The van der Waals surface area contributed by atoms with Gasteiger partial charge in [-0.05, 0) is 54.6 Å². The highest BCUT2D eigenvalue weighted by molar-refractivity contribution is 6.09. The number of benzene rings is 3. The van der Waals surface area contributed by atoms with Crippen LogP contribution in [-0.2, 0) is 0 Å². The van der Waals surface area contributed by atoms with Crippen molar-refractivity contribution in [2.24, 2.45) is 5.10 Å². The summed E-state index contributed by atoms with van der Waals surface area (Å²) >= 11 is 0. The standard InChI is InChI=1S/C26H21N5O5/c1-36-22-8-4-6-18(16-22)25(32)28-24-10-3-2-9-23(24)26(33)29-27-17-21-7-5-15-30(21)19-11-13-20(14-12-19)31(34)35/h2-17H,1H3,(H,28,32)(H,29,33)/b27-17+. The molecule has 4 aromatic rings. The van der Waals surface area contributed by atoms with Gasteiger partial charge in [-0.3, -0.25) is 19.7 Å².